The van der Waals surface area contributed by atoms with Crippen molar-refractivity contribution < 1.29 is 9.59 Å². The Kier molecular flexibility index (Phi) is 9.96. The van der Waals surface area contributed by atoms with Gasteiger partial charge in [-0.05, 0) is 57.4 Å². The predicted octanol–water partition coefficient (Wildman–Crippen LogP) is 3.85. The Morgan fingerprint density at radius 2 is 1.71 bits per heavy atom. The van der Waals surface area contributed by atoms with E-state index in [9.17, 15) is 14.4 Å². The molecule has 0 fully saturated rings. The van der Waals surface area contributed by atoms with Crippen LogP contribution in [0.15, 0.2) is 59.4 Å². The van der Waals surface area contributed by atoms with Crippen LogP contribution in [0.2, 0.25) is 0 Å². The first-order valence-corrected chi connectivity index (χ1v) is 13.2. The molecule has 3 rings (SSSR count). The molecular formula is C30H39N5O3. The van der Waals surface area contributed by atoms with E-state index in [1.807, 2.05) is 75.4 Å². The monoisotopic (exact) mass is 517 g/mol. The van der Waals surface area contributed by atoms with Gasteiger partial charge in [0.2, 0.25) is 0 Å². The molecule has 0 bridgehead atoms. The van der Waals surface area contributed by atoms with E-state index in [1.54, 1.807) is 23.3 Å². The van der Waals surface area contributed by atoms with Crippen LogP contribution in [0, 0.1) is 19.8 Å². The number of carbonyl (C=O) groups is 2. The van der Waals surface area contributed by atoms with Gasteiger partial charge in [-0.15, -0.1) is 0 Å². The molecule has 8 heteroatoms. The van der Waals surface area contributed by atoms with Crippen molar-refractivity contribution in [2.75, 3.05) is 19.6 Å². The lowest BCUT2D eigenvalue weighted by atomic mass is 9.98. The third-order valence-electron chi connectivity index (χ3n) is 6.52. The first kappa shape index (κ1) is 28.8. The molecular weight excluding hydrogens is 478 g/mol. The average molecular weight is 518 g/mol. The number of benzene rings is 2. The van der Waals surface area contributed by atoms with Crippen molar-refractivity contribution in [1.82, 2.24) is 19.8 Å². The highest BCUT2D eigenvalue weighted by molar-refractivity contribution is 5.95. The SMILES string of the molecule is CCNC(=O)c1c(C)nc(C(C(C)C)N(CCCN)C(=O)c2ccc(C)cc2)n(Cc2ccccc2)c1=O. The summed E-state index contributed by atoms with van der Waals surface area (Å²) in [7, 11) is 0. The normalized spacial score (nSPS) is 11.9. The molecule has 0 spiro atoms. The predicted molar refractivity (Wildman–Crippen MR) is 150 cm³/mol. The van der Waals surface area contributed by atoms with E-state index in [4.69, 9.17) is 10.7 Å². The molecule has 3 N–H and O–H groups in total. The van der Waals surface area contributed by atoms with Crippen LogP contribution in [0.1, 0.15) is 76.6 Å². The zero-order valence-electron chi connectivity index (χ0n) is 23.0. The zero-order valence-corrected chi connectivity index (χ0v) is 23.0. The van der Waals surface area contributed by atoms with E-state index < -0.39 is 17.5 Å². The molecule has 1 heterocycles. The lowest BCUT2D eigenvalue weighted by molar-refractivity contribution is 0.0601. The minimum absolute atomic E-state index is 0.0207. The van der Waals surface area contributed by atoms with E-state index >= 15 is 0 Å². The molecule has 2 aromatic carbocycles. The fourth-order valence-corrected chi connectivity index (χ4v) is 4.62. The largest absolute Gasteiger partial charge is 0.352 e. The summed E-state index contributed by atoms with van der Waals surface area (Å²) in [6.07, 6.45) is 0.597. The summed E-state index contributed by atoms with van der Waals surface area (Å²) in [6.45, 7) is 10.9. The number of hydrogen-bond donors (Lipinski definition) is 2. The molecule has 3 aromatic rings. The minimum atomic E-state index is -0.520. The summed E-state index contributed by atoms with van der Waals surface area (Å²) >= 11 is 0. The molecule has 1 aromatic heterocycles. The first-order valence-electron chi connectivity index (χ1n) is 13.2. The van der Waals surface area contributed by atoms with Crippen LogP contribution in [0.3, 0.4) is 0 Å². The van der Waals surface area contributed by atoms with Gasteiger partial charge in [0.15, 0.2) is 0 Å². The number of hydrogen-bond acceptors (Lipinski definition) is 5. The van der Waals surface area contributed by atoms with Gasteiger partial charge in [-0.3, -0.25) is 19.0 Å². The number of rotatable bonds is 11. The van der Waals surface area contributed by atoms with E-state index in [2.05, 4.69) is 5.32 Å². The second kappa shape index (κ2) is 13.1. The number of nitrogens with two attached hydrogens (primary N) is 1. The standard InChI is InChI=1S/C30H39N5O3/c1-6-32-28(36)25-22(5)33-27(35(30(25)38)19-23-11-8-7-9-12-23)26(20(2)3)34(18-10-17-31)29(37)24-15-13-21(4)14-16-24/h7-9,11-16,20,26H,6,10,17-19,31H2,1-5H3,(H,32,36). The second-order valence-corrected chi connectivity index (χ2v) is 9.86. The summed E-state index contributed by atoms with van der Waals surface area (Å²) in [4.78, 5) is 47.3. The van der Waals surface area contributed by atoms with Gasteiger partial charge in [-0.25, -0.2) is 4.98 Å². The number of aryl methyl sites for hydroxylation is 2. The number of amides is 2. The van der Waals surface area contributed by atoms with Gasteiger partial charge in [0.25, 0.3) is 17.4 Å². The van der Waals surface area contributed by atoms with Crippen molar-refractivity contribution in [3.8, 4) is 0 Å². The average Bonchev–Trinajstić information content (AvgIpc) is 2.89. The number of aromatic nitrogens is 2. The molecule has 38 heavy (non-hydrogen) atoms. The first-order chi connectivity index (χ1) is 18.2. The van der Waals surface area contributed by atoms with E-state index in [1.165, 1.54) is 0 Å². The number of carbonyl (C=O) groups excluding carboxylic acids is 2. The molecule has 0 aliphatic carbocycles. The molecule has 0 aliphatic rings. The van der Waals surface area contributed by atoms with Crippen LogP contribution in [-0.2, 0) is 6.54 Å². The van der Waals surface area contributed by atoms with Crippen molar-refractivity contribution in [3.05, 3.63) is 98.7 Å². The summed E-state index contributed by atoms with van der Waals surface area (Å²) in [6, 6.07) is 16.5. The summed E-state index contributed by atoms with van der Waals surface area (Å²) in [5, 5.41) is 2.73. The quantitative estimate of drug-likeness (QED) is 0.402. The van der Waals surface area contributed by atoms with Crippen molar-refractivity contribution in [1.29, 1.82) is 0 Å². The Bertz CT molecular complexity index is 1300. The molecule has 1 atom stereocenters. The molecule has 202 valence electrons. The third-order valence-corrected chi connectivity index (χ3v) is 6.52. The van der Waals surface area contributed by atoms with Gasteiger partial charge in [-0.2, -0.15) is 0 Å². The highest BCUT2D eigenvalue weighted by atomic mass is 16.2. The molecule has 0 saturated heterocycles. The summed E-state index contributed by atoms with van der Waals surface area (Å²) in [5.74, 6) is -0.224. The maximum atomic E-state index is 13.9. The van der Waals surface area contributed by atoms with Crippen LogP contribution in [0.4, 0.5) is 0 Å². The third kappa shape index (κ3) is 6.55. The lowest BCUT2D eigenvalue weighted by Crippen LogP contribution is -2.44. The van der Waals surface area contributed by atoms with E-state index in [0.717, 1.165) is 11.1 Å². The van der Waals surface area contributed by atoms with Gasteiger partial charge in [0.05, 0.1) is 18.3 Å². The van der Waals surface area contributed by atoms with Crippen LogP contribution in [0.5, 0.6) is 0 Å². The van der Waals surface area contributed by atoms with Gasteiger partial charge in [-0.1, -0.05) is 61.9 Å². The van der Waals surface area contributed by atoms with E-state index in [-0.39, 0.29) is 23.9 Å². The fourth-order valence-electron chi connectivity index (χ4n) is 4.62. The fraction of sp³-hybridized carbons (Fsp3) is 0.400. The van der Waals surface area contributed by atoms with Crippen LogP contribution in [0.25, 0.3) is 0 Å². The van der Waals surface area contributed by atoms with Gasteiger partial charge in [0.1, 0.15) is 11.4 Å². The van der Waals surface area contributed by atoms with Gasteiger partial charge in [0, 0.05) is 18.7 Å². The smallest absolute Gasteiger partial charge is 0.267 e. The minimum Gasteiger partial charge on any atom is -0.352 e. The molecule has 0 radical (unpaired) electrons. The van der Waals surface area contributed by atoms with Crippen LogP contribution in [-0.4, -0.2) is 45.9 Å². The molecule has 0 aliphatic heterocycles. The number of nitrogens with one attached hydrogen (secondary N) is 1. The Labute approximate surface area is 224 Å². The highest BCUT2D eigenvalue weighted by Crippen LogP contribution is 2.30. The Morgan fingerprint density at radius 1 is 1.05 bits per heavy atom. The maximum Gasteiger partial charge on any atom is 0.267 e. The van der Waals surface area contributed by atoms with Crippen molar-refractivity contribution >= 4 is 11.8 Å². The van der Waals surface area contributed by atoms with E-state index in [0.29, 0.717) is 43.1 Å². The van der Waals surface area contributed by atoms with Crippen LogP contribution < -0.4 is 16.6 Å². The second-order valence-electron chi connectivity index (χ2n) is 9.86. The highest BCUT2D eigenvalue weighted by Gasteiger charge is 2.33. The molecule has 8 nitrogen and oxygen atoms in total. The van der Waals surface area contributed by atoms with Gasteiger partial charge < -0.3 is 16.0 Å². The van der Waals surface area contributed by atoms with Crippen molar-refractivity contribution in [2.24, 2.45) is 11.7 Å². The Morgan fingerprint density at radius 3 is 2.29 bits per heavy atom. The number of nitrogens with zero attached hydrogens (tertiary/aromatic N) is 3. The van der Waals surface area contributed by atoms with Crippen molar-refractivity contribution in [3.63, 3.8) is 0 Å². The Hall–Kier alpha value is -3.78. The molecule has 2 amide bonds. The summed E-state index contributed by atoms with van der Waals surface area (Å²) < 4.78 is 1.55. The Balaban J connectivity index is 2.24. The maximum absolute atomic E-state index is 13.9. The lowest BCUT2D eigenvalue weighted by Gasteiger charge is -2.36. The topological polar surface area (TPSA) is 110 Å². The summed E-state index contributed by atoms with van der Waals surface area (Å²) in [5.41, 5.74) is 8.31. The van der Waals surface area contributed by atoms with Crippen molar-refractivity contribution in [2.45, 2.75) is 53.6 Å². The zero-order chi connectivity index (χ0) is 27.8. The molecule has 1 unspecified atom stereocenters. The molecule has 0 saturated carbocycles. The van der Waals surface area contributed by atoms with Crippen LogP contribution >= 0.6 is 0 Å². The van der Waals surface area contributed by atoms with Gasteiger partial charge >= 0.3 is 0 Å².